The van der Waals surface area contributed by atoms with Crippen LogP contribution in [0.5, 0.6) is 17.2 Å². The monoisotopic (exact) mass is 700 g/mol. The number of Topliss-reactive ketones (excluding diaryl/α,β-unsaturated/α-hetero) is 1. The average Bonchev–Trinajstić information content (AvgIpc) is 3.75. The summed E-state index contributed by atoms with van der Waals surface area (Å²) in [4.78, 5) is 39.5. The van der Waals surface area contributed by atoms with Crippen molar-refractivity contribution in [3.63, 3.8) is 0 Å². The van der Waals surface area contributed by atoms with Crippen molar-refractivity contribution in [3.8, 4) is 29.6 Å². The zero-order chi connectivity index (χ0) is 37.3. The Morgan fingerprint density at radius 3 is 2.41 bits per heavy atom. The van der Waals surface area contributed by atoms with Gasteiger partial charge in [-0.1, -0.05) is 44.9 Å². The maximum absolute atomic E-state index is 14.5. The van der Waals surface area contributed by atoms with Crippen LogP contribution in [0.25, 0.3) is 10.8 Å². The van der Waals surface area contributed by atoms with Crippen LogP contribution in [-0.4, -0.2) is 86.4 Å². The number of hydrogen-bond acceptors (Lipinski definition) is 11. The van der Waals surface area contributed by atoms with Crippen LogP contribution in [0, 0.1) is 37.0 Å². The van der Waals surface area contributed by atoms with E-state index in [9.17, 15) is 30.0 Å². The Bertz CT molecular complexity index is 2030. The third kappa shape index (κ3) is 6.00. The number of anilines is 1. The van der Waals surface area contributed by atoms with Gasteiger partial charge in [0.15, 0.2) is 5.75 Å². The maximum atomic E-state index is 14.5. The molecule has 1 fully saturated rings. The quantitative estimate of drug-likeness (QED) is 0.231. The molecule has 272 valence electrons. The Hall–Kier alpha value is -4.28. The zero-order valence-electron chi connectivity index (χ0n) is 30.4. The fourth-order valence-electron chi connectivity index (χ4n) is 7.92. The largest absolute Gasteiger partial charge is 0.507 e. The van der Waals surface area contributed by atoms with E-state index in [1.165, 1.54) is 6.92 Å². The number of terminal acetylenes is 1. The number of hydrogen-bond donors (Lipinski definition) is 5. The first-order valence-corrected chi connectivity index (χ1v) is 17.6. The van der Waals surface area contributed by atoms with Gasteiger partial charge in [-0.25, -0.2) is 4.99 Å². The second-order valence-corrected chi connectivity index (χ2v) is 14.9. The Morgan fingerprint density at radius 2 is 1.75 bits per heavy atom. The molecular weight excluding hydrogens is 652 g/mol. The molecule has 0 aliphatic carbocycles. The number of amides is 1. The first-order valence-electron chi connectivity index (χ1n) is 17.6. The summed E-state index contributed by atoms with van der Waals surface area (Å²) < 4.78 is 12.6. The summed E-state index contributed by atoms with van der Waals surface area (Å²) in [5.41, 5.74) is 0.830. The molecule has 12 heteroatoms. The molecule has 0 radical (unpaired) electrons. The molecule has 7 rings (SSSR count). The highest BCUT2D eigenvalue weighted by molar-refractivity contribution is 6.21. The Kier molecular flexibility index (Phi) is 9.57. The molecule has 0 spiro atoms. The van der Waals surface area contributed by atoms with Crippen molar-refractivity contribution < 1.29 is 39.5 Å². The molecule has 0 saturated carbocycles. The molecule has 1 saturated heterocycles. The minimum Gasteiger partial charge on any atom is -0.507 e. The number of aliphatic hydroxyl groups is 2. The van der Waals surface area contributed by atoms with Crippen LogP contribution >= 0.6 is 0 Å². The van der Waals surface area contributed by atoms with Crippen LogP contribution in [0.15, 0.2) is 33.8 Å². The van der Waals surface area contributed by atoms with E-state index in [2.05, 4.69) is 21.1 Å². The number of phenols is 2. The van der Waals surface area contributed by atoms with E-state index in [4.69, 9.17) is 20.9 Å². The highest BCUT2D eigenvalue weighted by atomic mass is 16.7. The molecule has 10 atom stereocenters. The standard InChI is InChI=1S/C39H48N4O8/c1-10-23-14-15-24(43(23)9)16-25-40-29-26-27-34(46)21(6)36-28(26)37(48)39(8,51-36)50-22(7)19(4)33(45)20(5)32(44)17(2)12-11-13-18(3)38(49)42-31(35(27)47)30(29)41-25/h1,11-13,17,19-20,22-25,32-33,40,44-47H,14-16H2,2-9H3/b12-11+,18-13-,42-31?/t17-,19?,20+,22?,23?,24?,25-,32-,33-,39-/m0/s1. The lowest BCUT2D eigenvalue weighted by Crippen LogP contribution is -2.47. The molecule has 5 aliphatic heterocycles. The molecule has 5 bridgehead atoms. The number of phenolic OH excluding ortho intramolecular Hbond substituents is 2. The van der Waals surface area contributed by atoms with Gasteiger partial charge in [-0.3, -0.25) is 19.5 Å². The number of carbonyl (C=O) groups is 2. The van der Waals surface area contributed by atoms with Gasteiger partial charge < -0.3 is 35.2 Å². The predicted octanol–water partition coefficient (Wildman–Crippen LogP) is 3.41. The van der Waals surface area contributed by atoms with E-state index in [1.807, 2.05) is 7.05 Å². The first kappa shape index (κ1) is 36.5. The number of carbonyl (C=O) groups excluding carboxylic acids is 2. The maximum Gasteiger partial charge on any atom is 0.273 e. The van der Waals surface area contributed by atoms with Crippen LogP contribution < -0.4 is 20.8 Å². The Labute approximate surface area is 297 Å². The lowest BCUT2D eigenvalue weighted by molar-refractivity contribution is -0.180. The van der Waals surface area contributed by atoms with Crippen LogP contribution in [0.1, 0.15) is 76.7 Å². The molecule has 4 unspecified atom stereocenters. The molecule has 5 heterocycles. The number of ketones is 1. The van der Waals surface area contributed by atoms with Crippen LogP contribution in [-0.2, 0) is 9.53 Å². The third-order valence-corrected chi connectivity index (χ3v) is 11.5. The van der Waals surface area contributed by atoms with Crippen molar-refractivity contribution in [2.45, 2.75) is 110 Å². The lowest BCUT2D eigenvalue weighted by atomic mass is 9.82. The van der Waals surface area contributed by atoms with Crippen LogP contribution in [0.2, 0.25) is 0 Å². The number of aromatic hydroxyl groups is 2. The van der Waals surface area contributed by atoms with E-state index in [-0.39, 0.29) is 61.8 Å². The fraction of sp³-hybridized carbons (Fsp3) is 0.538. The number of allylic oxidation sites excluding steroid dienone is 2. The molecule has 12 nitrogen and oxygen atoms in total. The number of nitrogens with zero attached hydrogens (tertiary/aromatic N) is 3. The summed E-state index contributed by atoms with van der Waals surface area (Å²) in [6.45, 7) is 11.7. The second kappa shape index (κ2) is 13.4. The number of ether oxygens (including phenoxy) is 2. The predicted molar refractivity (Wildman–Crippen MR) is 191 cm³/mol. The second-order valence-electron chi connectivity index (χ2n) is 14.9. The van der Waals surface area contributed by atoms with Crippen molar-refractivity contribution in [3.05, 3.63) is 45.6 Å². The zero-order valence-corrected chi connectivity index (χ0v) is 30.4. The molecule has 0 aromatic heterocycles. The fourth-order valence-corrected chi connectivity index (χ4v) is 7.92. The topological polar surface area (TPSA) is 174 Å². The van der Waals surface area contributed by atoms with E-state index in [1.54, 1.807) is 59.8 Å². The smallest absolute Gasteiger partial charge is 0.273 e. The van der Waals surface area contributed by atoms with Crippen molar-refractivity contribution >= 4 is 28.2 Å². The number of benzene rings is 2. The molecule has 5 aliphatic rings. The van der Waals surface area contributed by atoms with Gasteiger partial charge in [0, 0.05) is 53.7 Å². The number of likely N-dealkylation sites (tertiary alicyclic amines) is 1. The van der Waals surface area contributed by atoms with Gasteiger partial charge in [0.25, 0.3) is 11.7 Å². The van der Waals surface area contributed by atoms with E-state index in [0.717, 1.165) is 12.8 Å². The van der Waals surface area contributed by atoms with Gasteiger partial charge in [-0.2, -0.15) is 0 Å². The molecule has 5 N–H and O–H groups in total. The van der Waals surface area contributed by atoms with E-state index >= 15 is 0 Å². The van der Waals surface area contributed by atoms with Gasteiger partial charge in [0.05, 0.1) is 41.0 Å². The van der Waals surface area contributed by atoms with Crippen molar-refractivity contribution in [1.29, 1.82) is 0 Å². The highest BCUT2D eigenvalue weighted by Crippen LogP contribution is 2.51. The normalized spacial score (nSPS) is 35.9. The molecule has 51 heavy (non-hydrogen) atoms. The highest BCUT2D eigenvalue weighted by Gasteiger charge is 2.51. The summed E-state index contributed by atoms with van der Waals surface area (Å²) in [6.07, 6.45) is 9.73. The van der Waals surface area contributed by atoms with Gasteiger partial charge in [0.2, 0.25) is 5.78 Å². The average molecular weight is 701 g/mol. The molecule has 2 aromatic carbocycles. The first-order chi connectivity index (χ1) is 24.0. The van der Waals surface area contributed by atoms with E-state index < -0.39 is 65.5 Å². The molecule has 2 aromatic rings. The summed E-state index contributed by atoms with van der Waals surface area (Å²) in [7, 11) is 1.98. The van der Waals surface area contributed by atoms with E-state index in [0.29, 0.717) is 12.1 Å². The summed E-state index contributed by atoms with van der Waals surface area (Å²) in [5, 5.41) is 49.5. The minimum atomic E-state index is -1.87. The summed E-state index contributed by atoms with van der Waals surface area (Å²) in [6, 6.07) is 0.0881. The summed E-state index contributed by atoms with van der Waals surface area (Å²) >= 11 is 0. The Balaban J connectivity index is 1.59. The Morgan fingerprint density at radius 1 is 1.04 bits per heavy atom. The SMILES string of the molecule is C#CC1CCC(C[C@@H]2N=c3c(c4c5c6c(C)c(O)c4c(O)c3=NC(=O)/C(C)=C\C=C\[C@H](C)[C@H](O)[C@@H](C)[C@@H](O)C(C)C(C)O[C@@](C)(O6)C5=O)N2)N1C. The van der Waals surface area contributed by atoms with Gasteiger partial charge in [0.1, 0.15) is 28.4 Å². The van der Waals surface area contributed by atoms with Crippen LogP contribution in [0.4, 0.5) is 5.69 Å². The number of rotatable bonds is 2. The third-order valence-electron chi connectivity index (χ3n) is 11.5. The van der Waals surface area contributed by atoms with Crippen molar-refractivity contribution in [1.82, 2.24) is 4.90 Å². The van der Waals surface area contributed by atoms with Gasteiger partial charge in [-0.05, 0) is 40.7 Å². The van der Waals surface area contributed by atoms with Crippen molar-refractivity contribution in [2.24, 2.45) is 27.7 Å². The number of aliphatic hydroxyl groups excluding tert-OH is 2. The molecular formula is C39H48N4O8. The number of fused-ring (bicyclic) bond motifs is 10. The lowest BCUT2D eigenvalue weighted by Gasteiger charge is -2.36. The number of nitrogens with one attached hydrogen (secondary N) is 1. The van der Waals surface area contributed by atoms with Crippen molar-refractivity contribution in [2.75, 3.05) is 12.4 Å². The molecule has 1 amide bonds. The minimum absolute atomic E-state index is 0.00314. The summed E-state index contributed by atoms with van der Waals surface area (Å²) in [5.74, 6) is -2.53. The van der Waals surface area contributed by atoms with Gasteiger partial charge in [-0.15, -0.1) is 6.42 Å². The van der Waals surface area contributed by atoms with Crippen LogP contribution in [0.3, 0.4) is 0 Å². The van der Waals surface area contributed by atoms with Gasteiger partial charge >= 0.3 is 0 Å².